The lowest BCUT2D eigenvalue weighted by molar-refractivity contribution is -0.385. The van der Waals surface area contributed by atoms with E-state index >= 15 is 0 Å². The van der Waals surface area contributed by atoms with E-state index < -0.39 is 4.92 Å². The number of benzene rings is 3. The van der Waals surface area contributed by atoms with Crippen LogP contribution in [0.4, 0.5) is 11.4 Å². The van der Waals surface area contributed by atoms with E-state index in [4.69, 9.17) is 4.74 Å². The molecule has 1 heterocycles. The van der Waals surface area contributed by atoms with Crippen molar-refractivity contribution >= 4 is 39.9 Å². The van der Waals surface area contributed by atoms with Crippen LogP contribution in [0, 0.1) is 17.0 Å². The van der Waals surface area contributed by atoms with E-state index in [2.05, 4.69) is 10.3 Å². The Morgan fingerprint density at radius 3 is 2.60 bits per heavy atom. The summed E-state index contributed by atoms with van der Waals surface area (Å²) in [6.07, 6.45) is 0. The molecule has 0 unspecified atom stereocenters. The van der Waals surface area contributed by atoms with Gasteiger partial charge < -0.3 is 10.1 Å². The summed E-state index contributed by atoms with van der Waals surface area (Å²) in [5.41, 5.74) is 1.61. The molecule has 1 N–H and O–H groups in total. The Morgan fingerprint density at radius 1 is 1.14 bits per heavy atom. The van der Waals surface area contributed by atoms with Crippen molar-refractivity contribution in [2.24, 2.45) is 0 Å². The fraction of sp³-hybridized carbons (Fsp3) is 0.160. The first-order valence-corrected chi connectivity index (χ1v) is 11.8. The highest BCUT2D eigenvalue weighted by molar-refractivity contribution is 7.99. The van der Waals surface area contributed by atoms with Crippen molar-refractivity contribution in [2.45, 2.75) is 19.0 Å². The summed E-state index contributed by atoms with van der Waals surface area (Å²) in [5, 5.41) is 14.7. The molecule has 1 aromatic heterocycles. The van der Waals surface area contributed by atoms with Crippen LogP contribution in [0.1, 0.15) is 12.5 Å². The van der Waals surface area contributed by atoms with Gasteiger partial charge in [-0.2, -0.15) is 0 Å². The number of nitrogens with one attached hydrogen (secondary N) is 1. The average molecular weight is 491 g/mol. The summed E-state index contributed by atoms with van der Waals surface area (Å²) in [6.45, 7) is 4.04. The number of hydrogen-bond acceptors (Lipinski definition) is 7. The van der Waals surface area contributed by atoms with Crippen LogP contribution in [0.2, 0.25) is 0 Å². The molecule has 0 atom stereocenters. The molecular formula is C25H22N4O5S. The Balaban J connectivity index is 1.62. The molecule has 4 aromatic rings. The van der Waals surface area contributed by atoms with Crippen molar-refractivity contribution in [2.75, 3.05) is 17.7 Å². The van der Waals surface area contributed by atoms with E-state index in [0.717, 1.165) is 11.8 Å². The molecule has 4 rings (SSSR count). The maximum Gasteiger partial charge on any atom is 0.274 e. The van der Waals surface area contributed by atoms with Gasteiger partial charge in [-0.3, -0.25) is 24.3 Å². The summed E-state index contributed by atoms with van der Waals surface area (Å²) in [7, 11) is 0. The molecule has 0 radical (unpaired) electrons. The van der Waals surface area contributed by atoms with E-state index in [0.29, 0.717) is 45.4 Å². The van der Waals surface area contributed by atoms with Crippen LogP contribution in [-0.4, -0.2) is 32.7 Å². The number of nitro groups is 1. The Bertz CT molecular complexity index is 1470. The van der Waals surface area contributed by atoms with Crippen LogP contribution in [-0.2, 0) is 4.79 Å². The molecule has 0 aliphatic rings. The van der Waals surface area contributed by atoms with Gasteiger partial charge in [0.15, 0.2) is 5.16 Å². The molecule has 0 saturated carbocycles. The van der Waals surface area contributed by atoms with Crippen LogP contribution in [0.5, 0.6) is 5.75 Å². The molecular weight excluding hydrogens is 468 g/mol. The Morgan fingerprint density at radius 2 is 1.89 bits per heavy atom. The smallest absolute Gasteiger partial charge is 0.274 e. The number of rotatable bonds is 8. The topological polar surface area (TPSA) is 116 Å². The third-order valence-corrected chi connectivity index (χ3v) is 6.11. The van der Waals surface area contributed by atoms with Gasteiger partial charge in [0.25, 0.3) is 11.2 Å². The number of nitro benzene ring substituents is 1. The van der Waals surface area contributed by atoms with Crippen molar-refractivity contribution in [1.82, 2.24) is 9.55 Å². The van der Waals surface area contributed by atoms with Gasteiger partial charge in [0.1, 0.15) is 5.75 Å². The molecule has 0 bridgehead atoms. The fourth-order valence-corrected chi connectivity index (χ4v) is 4.32. The number of aromatic nitrogens is 2. The summed E-state index contributed by atoms with van der Waals surface area (Å²) in [4.78, 5) is 41.3. The highest BCUT2D eigenvalue weighted by Crippen LogP contribution is 2.25. The molecule has 3 aromatic carbocycles. The fourth-order valence-electron chi connectivity index (χ4n) is 3.51. The first kappa shape index (κ1) is 24.0. The van der Waals surface area contributed by atoms with E-state index in [9.17, 15) is 19.7 Å². The second kappa shape index (κ2) is 10.4. The highest BCUT2D eigenvalue weighted by Gasteiger charge is 2.16. The van der Waals surface area contributed by atoms with E-state index in [1.807, 2.05) is 6.92 Å². The molecule has 0 fully saturated rings. The van der Waals surface area contributed by atoms with Crippen LogP contribution >= 0.6 is 11.8 Å². The number of carbonyl (C=O) groups excluding carboxylic acids is 1. The maximum absolute atomic E-state index is 13.3. The van der Waals surface area contributed by atoms with Gasteiger partial charge in [0.05, 0.1) is 33.9 Å². The van der Waals surface area contributed by atoms with Crippen molar-refractivity contribution < 1.29 is 14.5 Å². The van der Waals surface area contributed by atoms with E-state index in [1.54, 1.807) is 67.6 Å². The van der Waals surface area contributed by atoms with Gasteiger partial charge in [-0.05, 0) is 56.3 Å². The number of carbonyl (C=O) groups is 1. The zero-order chi connectivity index (χ0) is 24.9. The van der Waals surface area contributed by atoms with Crippen molar-refractivity contribution in [1.29, 1.82) is 0 Å². The molecule has 0 saturated heterocycles. The number of thioether (sulfide) groups is 1. The standard InChI is InChI=1S/C25H22N4O5S/c1-3-34-19-12-10-18(11-13-19)28-24(31)20-6-4-5-7-21(20)27-25(28)35-15-23(30)26-17-9-8-16(2)22(14-17)29(32)33/h4-14H,3,15H2,1-2H3,(H,26,30). The monoisotopic (exact) mass is 490 g/mol. The van der Waals surface area contributed by atoms with Gasteiger partial charge in [-0.25, -0.2) is 4.98 Å². The summed E-state index contributed by atoms with van der Waals surface area (Å²) in [6, 6.07) is 18.6. The van der Waals surface area contributed by atoms with Crippen molar-refractivity contribution in [3.8, 4) is 11.4 Å². The van der Waals surface area contributed by atoms with Crippen LogP contribution in [0.15, 0.2) is 76.7 Å². The quantitative estimate of drug-likeness (QED) is 0.164. The van der Waals surface area contributed by atoms with Crippen LogP contribution < -0.4 is 15.6 Å². The Labute approximate surface area is 204 Å². The molecule has 35 heavy (non-hydrogen) atoms. The van der Waals surface area contributed by atoms with Crippen molar-refractivity contribution in [3.05, 3.63) is 92.8 Å². The largest absolute Gasteiger partial charge is 0.494 e. The second-order valence-corrected chi connectivity index (χ2v) is 8.52. The van der Waals surface area contributed by atoms with Gasteiger partial charge in [-0.1, -0.05) is 30.0 Å². The number of hydrogen-bond donors (Lipinski definition) is 1. The number of anilines is 1. The number of ether oxygens (including phenoxy) is 1. The number of aryl methyl sites for hydroxylation is 1. The zero-order valence-electron chi connectivity index (χ0n) is 19.1. The molecule has 9 nitrogen and oxygen atoms in total. The highest BCUT2D eigenvalue weighted by atomic mass is 32.2. The average Bonchev–Trinajstić information content (AvgIpc) is 2.85. The Hall–Kier alpha value is -4.18. The maximum atomic E-state index is 13.3. The van der Waals surface area contributed by atoms with Crippen LogP contribution in [0.25, 0.3) is 16.6 Å². The van der Waals surface area contributed by atoms with Crippen LogP contribution in [0.3, 0.4) is 0 Å². The minimum absolute atomic E-state index is 0.0521. The second-order valence-electron chi connectivity index (χ2n) is 7.57. The summed E-state index contributed by atoms with van der Waals surface area (Å²) < 4.78 is 6.96. The van der Waals surface area contributed by atoms with Gasteiger partial charge in [0, 0.05) is 17.3 Å². The lowest BCUT2D eigenvalue weighted by atomic mass is 10.2. The van der Waals surface area contributed by atoms with Crippen molar-refractivity contribution in [3.63, 3.8) is 0 Å². The third-order valence-electron chi connectivity index (χ3n) is 5.17. The molecule has 0 aliphatic heterocycles. The number of para-hydroxylation sites is 1. The molecule has 0 spiro atoms. The summed E-state index contributed by atoms with van der Waals surface area (Å²) in [5.74, 6) is 0.247. The van der Waals surface area contributed by atoms with E-state index in [1.165, 1.54) is 10.6 Å². The predicted molar refractivity (Wildman–Crippen MR) is 136 cm³/mol. The van der Waals surface area contributed by atoms with Gasteiger partial charge >= 0.3 is 0 Å². The van der Waals surface area contributed by atoms with Gasteiger partial charge in [0.2, 0.25) is 5.91 Å². The summed E-state index contributed by atoms with van der Waals surface area (Å²) >= 11 is 1.10. The number of amides is 1. The lowest BCUT2D eigenvalue weighted by Gasteiger charge is -2.14. The first-order chi connectivity index (χ1) is 16.9. The number of fused-ring (bicyclic) bond motifs is 1. The van der Waals surface area contributed by atoms with E-state index in [-0.39, 0.29) is 22.9 Å². The SMILES string of the molecule is CCOc1ccc(-n2c(SCC(=O)Nc3ccc(C)c([N+](=O)[O-])c3)nc3ccccc3c2=O)cc1. The zero-order valence-corrected chi connectivity index (χ0v) is 19.9. The first-order valence-electron chi connectivity index (χ1n) is 10.8. The minimum Gasteiger partial charge on any atom is -0.494 e. The predicted octanol–water partition coefficient (Wildman–Crippen LogP) is 4.73. The molecule has 0 aliphatic carbocycles. The third kappa shape index (κ3) is 5.33. The molecule has 10 heteroatoms. The molecule has 1 amide bonds. The number of nitrogens with zero attached hydrogens (tertiary/aromatic N) is 3. The Kier molecular flexibility index (Phi) is 7.11. The minimum atomic E-state index is -0.492. The lowest BCUT2D eigenvalue weighted by Crippen LogP contribution is -2.23. The molecule has 178 valence electrons. The van der Waals surface area contributed by atoms with Gasteiger partial charge in [-0.15, -0.1) is 0 Å². The normalized spacial score (nSPS) is 10.8.